The summed E-state index contributed by atoms with van der Waals surface area (Å²) in [7, 11) is 0. The topological polar surface area (TPSA) is 29.5 Å². The summed E-state index contributed by atoms with van der Waals surface area (Å²) in [6, 6.07) is 13.1. The Hall–Kier alpha value is -1.14. The molecule has 2 rings (SSSR count). The highest BCUT2D eigenvalue weighted by molar-refractivity contribution is 8.05. The maximum atomic E-state index is 13.8. The lowest BCUT2D eigenvalue weighted by Crippen LogP contribution is -2.27. The standard InChI is InChI=1S/C17H15Cl3FNO2S/c1-2-10-24-13-7-5-6-12(11-13)22(25-17(19,20)21)16(23)14-8-3-4-9-15(14)18/h3-9,11H,2,10H2,1H3. The van der Waals surface area contributed by atoms with Crippen molar-refractivity contribution in [3.05, 3.63) is 59.1 Å². The molecule has 8 heteroatoms. The first kappa shape index (κ1) is 20.2. The van der Waals surface area contributed by atoms with E-state index in [1.807, 2.05) is 6.92 Å². The van der Waals surface area contributed by atoms with Gasteiger partial charge < -0.3 is 4.74 Å². The van der Waals surface area contributed by atoms with Crippen LogP contribution in [-0.2, 0) is 0 Å². The number of carbonyl (C=O) groups excluding carboxylic acids is 1. The molecule has 0 bridgehead atoms. The van der Waals surface area contributed by atoms with Crippen molar-refractivity contribution in [2.75, 3.05) is 10.9 Å². The first-order valence-electron chi connectivity index (χ1n) is 7.39. The third kappa shape index (κ3) is 5.96. The molecule has 0 aromatic heterocycles. The van der Waals surface area contributed by atoms with E-state index in [9.17, 15) is 9.18 Å². The average molecular weight is 423 g/mol. The molecule has 2 aromatic carbocycles. The van der Waals surface area contributed by atoms with Crippen LogP contribution < -0.4 is 9.04 Å². The van der Waals surface area contributed by atoms with Crippen molar-refractivity contribution < 1.29 is 13.9 Å². The summed E-state index contributed by atoms with van der Waals surface area (Å²) in [4.78, 5) is 12.9. The van der Waals surface area contributed by atoms with Gasteiger partial charge >= 0.3 is 3.92 Å². The van der Waals surface area contributed by atoms with Gasteiger partial charge in [0.15, 0.2) is 0 Å². The number of alkyl halides is 3. The van der Waals surface area contributed by atoms with Crippen LogP contribution in [0.3, 0.4) is 0 Å². The van der Waals surface area contributed by atoms with Crippen molar-refractivity contribution in [1.82, 2.24) is 0 Å². The molecular formula is C17H15Cl3FNO2S. The van der Waals surface area contributed by atoms with E-state index in [0.29, 0.717) is 30.0 Å². The van der Waals surface area contributed by atoms with E-state index in [4.69, 9.17) is 39.5 Å². The largest absolute Gasteiger partial charge is 0.494 e. The first-order valence-corrected chi connectivity index (χ1v) is 9.30. The van der Waals surface area contributed by atoms with E-state index in [2.05, 4.69) is 0 Å². The van der Waals surface area contributed by atoms with E-state index in [1.54, 1.807) is 42.5 Å². The summed E-state index contributed by atoms with van der Waals surface area (Å²) in [6.07, 6.45) is 0.832. The summed E-state index contributed by atoms with van der Waals surface area (Å²) in [6.45, 7) is 2.50. The minimum atomic E-state index is -2.70. The number of benzene rings is 2. The molecule has 0 aliphatic carbocycles. The molecule has 1 amide bonds. The summed E-state index contributed by atoms with van der Waals surface area (Å²) in [5.74, 6) is -0.00271. The van der Waals surface area contributed by atoms with Gasteiger partial charge in [-0.15, -0.1) is 0 Å². The Balaban J connectivity index is 2.39. The zero-order chi connectivity index (χ0) is 18.4. The number of hydrogen-bond acceptors (Lipinski definition) is 3. The predicted molar refractivity (Wildman–Crippen MR) is 104 cm³/mol. The van der Waals surface area contributed by atoms with Crippen molar-refractivity contribution in [2.45, 2.75) is 17.3 Å². The van der Waals surface area contributed by atoms with E-state index in [0.717, 1.165) is 10.7 Å². The molecule has 0 heterocycles. The smallest absolute Gasteiger partial charge is 0.324 e. The van der Waals surface area contributed by atoms with Gasteiger partial charge in [0.05, 0.1) is 22.9 Å². The molecule has 0 saturated heterocycles. The van der Waals surface area contributed by atoms with Crippen molar-refractivity contribution >= 4 is 58.3 Å². The zero-order valence-corrected chi connectivity index (χ0v) is 16.3. The monoisotopic (exact) mass is 421 g/mol. The SMILES string of the molecule is CCCOc1cccc(N(SC(F)(Cl)Cl)C(=O)c2ccccc2Cl)c1. The average Bonchev–Trinajstić information content (AvgIpc) is 2.57. The normalized spacial score (nSPS) is 11.2. The third-order valence-electron chi connectivity index (χ3n) is 3.01. The molecule has 134 valence electrons. The molecule has 0 saturated carbocycles. The van der Waals surface area contributed by atoms with Crippen LogP contribution in [0.15, 0.2) is 48.5 Å². The number of hydrogen-bond donors (Lipinski definition) is 0. The van der Waals surface area contributed by atoms with Gasteiger partial charge in [-0.1, -0.05) is 59.9 Å². The molecule has 2 aromatic rings. The highest BCUT2D eigenvalue weighted by Crippen LogP contribution is 2.42. The highest BCUT2D eigenvalue weighted by Gasteiger charge is 2.33. The van der Waals surface area contributed by atoms with Crippen molar-refractivity contribution in [1.29, 1.82) is 0 Å². The Morgan fingerprint density at radius 2 is 1.96 bits per heavy atom. The minimum Gasteiger partial charge on any atom is -0.494 e. The van der Waals surface area contributed by atoms with Gasteiger partial charge in [-0.2, -0.15) is 4.39 Å². The lowest BCUT2D eigenvalue weighted by atomic mass is 10.2. The van der Waals surface area contributed by atoms with Crippen LogP contribution in [0.2, 0.25) is 5.02 Å². The minimum absolute atomic E-state index is 0.203. The summed E-state index contributed by atoms with van der Waals surface area (Å²) >= 11 is 17.4. The Morgan fingerprint density at radius 1 is 1.24 bits per heavy atom. The van der Waals surface area contributed by atoms with Crippen LogP contribution in [0, 0.1) is 0 Å². The second-order valence-electron chi connectivity index (χ2n) is 4.96. The number of ether oxygens (including phenoxy) is 1. The quantitative estimate of drug-likeness (QED) is 0.377. The number of anilines is 1. The number of rotatable bonds is 7. The van der Waals surface area contributed by atoms with Crippen LogP contribution in [0.4, 0.5) is 10.1 Å². The van der Waals surface area contributed by atoms with Crippen LogP contribution in [0.25, 0.3) is 0 Å². The van der Waals surface area contributed by atoms with Crippen LogP contribution in [0.5, 0.6) is 5.75 Å². The van der Waals surface area contributed by atoms with Gasteiger partial charge in [0.1, 0.15) is 5.75 Å². The Morgan fingerprint density at radius 3 is 2.60 bits per heavy atom. The molecular weight excluding hydrogens is 408 g/mol. The van der Waals surface area contributed by atoms with E-state index < -0.39 is 9.83 Å². The third-order valence-corrected chi connectivity index (χ3v) is 4.52. The number of nitrogens with zero attached hydrogens (tertiary/aromatic N) is 1. The molecule has 0 N–H and O–H groups in total. The van der Waals surface area contributed by atoms with Gasteiger partial charge in [0, 0.05) is 18.0 Å². The molecule has 0 radical (unpaired) electrons. The second-order valence-corrected chi connectivity index (χ2v) is 8.16. The molecule has 3 nitrogen and oxygen atoms in total. The summed E-state index contributed by atoms with van der Waals surface area (Å²) in [5.41, 5.74) is 0.570. The number of halogens is 4. The fraction of sp³-hybridized carbons (Fsp3) is 0.235. The van der Waals surface area contributed by atoms with Gasteiger partial charge in [0.2, 0.25) is 0 Å². The lowest BCUT2D eigenvalue weighted by molar-refractivity contribution is 0.101. The second kappa shape index (κ2) is 8.99. The predicted octanol–water partition coefficient (Wildman–Crippen LogP) is 6.48. The Bertz CT molecular complexity index is 740. The molecule has 0 spiro atoms. The lowest BCUT2D eigenvalue weighted by Gasteiger charge is -2.24. The van der Waals surface area contributed by atoms with Crippen molar-refractivity contribution in [3.63, 3.8) is 0 Å². The number of carbonyl (C=O) groups is 1. The fourth-order valence-corrected chi connectivity index (χ4v) is 3.22. The highest BCUT2D eigenvalue weighted by atomic mass is 35.5. The van der Waals surface area contributed by atoms with Gasteiger partial charge in [-0.25, -0.2) is 4.31 Å². The van der Waals surface area contributed by atoms with Crippen molar-refractivity contribution in [3.8, 4) is 5.75 Å². The van der Waals surface area contributed by atoms with Crippen LogP contribution in [0.1, 0.15) is 23.7 Å². The summed E-state index contributed by atoms with van der Waals surface area (Å²) in [5, 5.41) is 0.241. The van der Waals surface area contributed by atoms with E-state index in [-0.39, 0.29) is 10.6 Å². The Kier molecular flexibility index (Phi) is 7.25. The molecule has 0 fully saturated rings. The van der Waals surface area contributed by atoms with E-state index >= 15 is 0 Å². The van der Waals surface area contributed by atoms with Gasteiger partial charge in [-0.3, -0.25) is 4.79 Å². The molecule has 25 heavy (non-hydrogen) atoms. The fourth-order valence-electron chi connectivity index (χ4n) is 1.98. The van der Waals surface area contributed by atoms with Crippen molar-refractivity contribution in [2.24, 2.45) is 0 Å². The maximum Gasteiger partial charge on any atom is 0.324 e. The maximum absolute atomic E-state index is 13.8. The van der Waals surface area contributed by atoms with Crippen LogP contribution in [-0.4, -0.2) is 16.4 Å². The van der Waals surface area contributed by atoms with Crippen LogP contribution >= 0.6 is 46.8 Å². The molecule has 0 atom stereocenters. The Labute approximate surface area is 165 Å². The van der Waals surface area contributed by atoms with Gasteiger partial charge in [0.25, 0.3) is 5.91 Å². The number of amides is 1. The molecule has 0 aliphatic heterocycles. The van der Waals surface area contributed by atoms with E-state index in [1.165, 1.54) is 6.07 Å². The molecule has 0 aliphatic rings. The summed E-state index contributed by atoms with van der Waals surface area (Å²) < 4.78 is 17.8. The van der Waals surface area contributed by atoms with Gasteiger partial charge in [-0.05, 0) is 30.7 Å². The first-order chi connectivity index (χ1) is 11.8. The molecule has 0 unspecified atom stereocenters. The zero-order valence-electron chi connectivity index (χ0n) is 13.2.